The second-order valence-corrected chi connectivity index (χ2v) is 4.15. The van der Waals surface area contributed by atoms with Gasteiger partial charge in [-0.1, -0.05) is 12.1 Å². The van der Waals surface area contributed by atoms with Gasteiger partial charge in [0.25, 0.3) is 0 Å². The molecular weight excluding hydrogens is 243 g/mol. The highest BCUT2D eigenvalue weighted by Gasteiger charge is 2.13. The second-order valence-electron chi connectivity index (χ2n) is 4.15. The van der Waals surface area contributed by atoms with Crippen molar-refractivity contribution in [2.75, 3.05) is 6.54 Å². The Hall–Kier alpha value is -2.43. The number of aliphatic imine (C=N–C) groups is 1. The van der Waals surface area contributed by atoms with Gasteiger partial charge in [-0.3, -0.25) is 9.98 Å². The number of hydrogen-bond donors (Lipinski definition) is 2. The summed E-state index contributed by atoms with van der Waals surface area (Å²) in [6.45, 7) is 0.415. The molecule has 1 aromatic carbocycles. The molecule has 0 aliphatic carbocycles. The molecule has 4 nitrogen and oxygen atoms in total. The van der Waals surface area contributed by atoms with E-state index in [1.54, 1.807) is 24.5 Å². The molecule has 0 saturated heterocycles. The first-order valence-corrected chi connectivity index (χ1v) is 5.87. The minimum atomic E-state index is -0.265. The van der Waals surface area contributed by atoms with E-state index in [9.17, 15) is 4.39 Å². The smallest absolute Gasteiger partial charge is 0.185 e. The summed E-state index contributed by atoms with van der Waals surface area (Å²) in [7, 11) is 0. The van der Waals surface area contributed by atoms with E-state index in [1.165, 1.54) is 12.1 Å². The number of nitrogens with two attached hydrogens (primary N) is 2. The molecule has 2 rings (SSSR count). The number of rotatable bonds is 4. The minimum Gasteiger partial charge on any atom is -0.370 e. The zero-order valence-electron chi connectivity index (χ0n) is 10.3. The van der Waals surface area contributed by atoms with E-state index < -0.39 is 0 Å². The Balaban J connectivity index is 2.34. The first kappa shape index (κ1) is 13.0. The van der Waals surface area contributed by atoms with Crippen LogP contribution >= 0.6 is 0 Å². The zero-order valence-corrected chi connectivity index (χ0v) is 10.3. The van der Waals surface area contributed by atoms with Gasteiger partial charge in [-0.25, -0.2) is 4.39 Å². The van der Waals surface area contributed by atoms with E-state index in [4.69, 9.17) is 11.5 Å². The standard InChI is InChI=1S/C14H15FN4/c15-12-3-1-10(2-4-12)13(9-19-14(16)17)11-5-7-18-8-6-11/h1-8,13H,9H2,(H4,16,17,19). The third-order valence-corrected chi connectivity index (χ3v) is 2.84. The topological polar surface area (TPSA) is 77.3 Å². The van der Waals surface area contributed by atoms with Gasteiger partial charge in [-0.15, -0.1) is 0 Å². The largest absolute Gasteiger partial charge is 0.370 e. The van der Waals surface area contributed by atoms with Crippen molar-refractivity contribution in [3.8, 4) is 0 Å². The van der Waals surface area contributed by atoms with Gasteiger partial charge in [-0.2, -0.15) is 0 Å². The Bertz CT molecular complexity index is 547. The van der Waals surface area contributed by atoms with Gasteiger partial charge in [-0.05, 0) is 35.4 Å². The van der Waals surface area contributed by atoms with Crippen LogP contribution in [-0.2, 0) is 0 Å². The summed E-state index contributed by atoms with van der Waals surface area (Å²) in [5, 5.41) is 0. The van der Waals surface area contributed by atoms with Crippen molar-refractivity contribution in [3.05, 3.63) is 65.7 Å². The van der Waals surface area contributed by atoms with Crippen molar-refractivity contribution >= 4 is 5.96 Å². The maximum absolute atomic E-state index is 13.0. The number of guanidine groups is 1. The van der Waals surface area contributed by atoms with Crippen LogP contribution in [0.5, 0.6) is 0 Å². The van der Waals surface area contributed by atoms with Crippen LogP contribution in [0.3, 0.4) is 0 Å². The van der Waals surface area contributed by atoms with Gasteiger partial charge in [0.05, 0.1) is 6.54 Å². The van der Waals surface area contributed by atoms with Gasteiger partial charge in [0, 0.05) is 18.3 Å². The molecule has 1 unspecified atom stereocenters. The maximum atomic E-state index is 13.0. The van der Waals surface area contributed by atoms with Crippen molar-refractivity contribution in [2.45, 2.75) is 5.92 Å². The molecule has 0 fully saturated rings. The normalized spacial score (nSPS) is 11.8. The zero-order chi connectivity index (χ0) is 13.7. The third kappa shape index (κ3) is 3.51. The number of hydrogen-bond acceptors (Lipinski definition) is 2. The highest BCUT2D eigenvalue weighted by molar-refractivity contribution is 5.75. The molecule has 0 radical (unpaired) electrons. The summed E-state index contributed by atoms with van der Waals surface area (Å²) in [5.41, 5.74) is 12.7. The summed E-state index contributed by atoms with van der Waals surface area (Å²) in [5.74, 6) is -0.245. The summed E-state index contributed by atoms with van der Waals surface area (Å²) in [6, 6.07) is 10.1. The number of pyridine rings is 1. The second kappa shape index (κ2) is 5.95. The van der Waals surface area contributed by atoms with Gasteiger partial charge < -0.3 is 11.5 Å². The van der Waals surface area contributed by atoms with Gasteiger partial charge in [0.1, 0.15) is 5.82 Å². The summed E-state index contributed by atoms with van der Waals surface area (Å²) < 4.78 is 13.0. The van der Waals surface area contributed by atoms with E-state index in [-0.39, 0.29) is 17.7 Å². The highest BCUT2D eigenvalue weighted by Crippen LogP contribution is 2.24. The Morgan fingerprint density at radius 2 is 1.63 bits per heavy atom. The minimum absolute atomic E-state index is 0.0225. The number of aromatic nitrogens is 1. The molecule has 2 aromatic rings. The van der Waals surface area contributed by atoms with Crippen LogP contribution in [0.2, 0.25) is 0 Å². The van der Waals surface area contributed by atoms with Crippen molar-refractivity contribution in [1.82, 2.24) is 4.98 Å². The lowest BCUT2D eigenvalue weighted by Crippen LogP contribution is -2.24. The van der Waals surface area contributed by atoms with Gasteiger partial charge in [0.2, 0.25) is 0 Å². The molecular formula is C14H15FN4. The van der Waals surface area contributed by atoms with Gasteiger partial charge in [0.15, 0.2) is 5.96 Å². The number of halogens is 1. The number of benzene rings is 1. The molecule has 1 atom stereocenters. The van der Waals surface area contributed by atoms with Crippen LogP contribution in [0.15, 0.2) is 53.8 Å². The Kier molecular flexibility index (Phi) is 4.07. The van der Waals surface area contributed by atoms with Crippen molar-refractivity contribution in [3.63, 3.8) is 0 Å². The third-order valence-electron chi connectivity index (χ3n) is 2.84. The first-order chi connectivity index (χ1) is 9.16. The van der Waals surface area contributed by atoms with E-state index in [0.29, 0.717) is 6.54 Å². The number of nitrogens with zero attached hydrogens (tertiary/aromatic N) is 2. The fraction of sp³-hybridized carbons (Fsp3) is 0.143. The molecule has 0 aliphatic heterocycles. The average Bonchev–Trinajstić information content (AvgIpc) is 2.42. The van der Waals surface area contributed by atoms with E-state index in [0.717, 1.165) is 11.1 Å². The first-order valence-electron chi connectivity index (χ1n) is 5.87. The lowest BCUT2D eigenvalue weighted by atomic mass is 9.92. The van der Waals surface area contributed by atoms with E-state index >= 15 is 0 Å². The van der Waals surface area contributed by atoms with Crippen molar-refractivity contribution in [2.24, 2.45) is 16.5 Å². The molecule has 0 saturated carbocycles. The fourth-order valence-corrected chi connectivity index (χ4v) is 1.89. The van der Waals surface area contributed by atoms with Crippen LogP contribution in [0.25, 0.3) is 0 Å². The molecule has 98 valence electrons. The van der Waals surface area contributed by atoms with E-state index in [2.05, 4.69) is 9.98 Å². The molecule has 1 aromatic heterocycles. The summed E-state index contributed by atoms with van der Waals surface area (Å²) in [6.07, 6.45) is 3.42. The fourth-order valence-electron chi connectivity index (χ4n) is 1.89. The molecule has 0 amide bonds. The molecule has 19 heavy (non-hydrogen) atoms. The molecule has 5 heteroatoms. The van der Waals surface area contributed by atoms with Crippen LogP contribution < -0.4 is 11.5 Å². The predicted molar refractivity (Wildman–Crippen MR) is 73.2 cm³/mol. The molecule has 0 spiro atoms. The average molecular weight is 258 g/mol. The Morgan fingerprint density at radius 3 is 2.21 bits per heavy atom. The Morgan fingerprint density at radius 1 is 1.05 bits per heavy atom. The molecule has 0 bridgehead atoms. The van der Waals surface area contributed by atoms with Crippen LogP contribution in [0, 0.1) is 5.82 Å². The lowest BCUT2D eigenvalue weighted by molar-refractivity contribution is 0.626. The SMILES string of the molecule is NC(N)=NCC(c1ccncc1)c1ccc(F)cc1. The van der Waals surface area contributed by atoms with E-state index in [1.807, 2.05) is 12.1 Å². The van der Waals surface area contributed by atoms with Crippen LogP contribution in [0.4, 0.5) is 4.39 Å². The van der Waals surface area contributed by atoms with Crippen molar-refractivity contribution in [1.29, 1.82) is 0 Å². The summed E-state index contributed by atoms with van der Waals surface area (Å²) in [4.78, 5) is 8.04. The van der Waals surface area contributed by atoms with Crippen LogP contribution in [0.1, 0.15) is 17.0 Å². The highest BCUT2D eigenvalue weighted by atomic mass is 19.1. The molecule has 1 heterocycles. The maximum Gasteiger partial charge on any atom is 0.185 e. The molecule has 0 aliphatic rings. The Labute approximate surface area is 111 Å². The lowest BCUT2D eigenvalue weighted by Gasteiger charge is -2.15. The quantitative estimate of drug-likeness (QED) is 0.646. The summed E-state index contributed by atoms with van der Waals surface area (Å²) >= 11 is 0. The van der Waals surface area contributed by atoms with Gasteiger partial charge >= 0.3 is 0 Å². The molecule has 4 N–H and O–H groups in total. The van der Waals surface area contributed by atoms with Crippen molar-refractivity contribution < 1.29 is 4.39 Å². The van der Waals surface area contributed by atoms with Crippen LogP contribution in [-0.4, -0.2) is 17.5 Å². The monoisotopic (exact) mass is 258 g/mol. The predicted octanol–water partition coefficient (Wildman–Crippen LogP) is 1.63.